The van der Waals surface area contributed by atoms with E-state index in [1.165, 1.54) is 25.7 Å². The topological polar surface area (TPSA) is 12.0 Å². The van der Waals surface area contributed by atoms with Crippen molar-refractivity contribution in [2.24, 2.45) is 0 Å². The normalized spacial score (nSPS) is 12.0. The first kappa shape index (κ1) is 9.96. The molecule has 0 aromatic heterocycles. The molecule has 0 aromatic rings. The quantitative estimate of drug-likeness (QED) is 0.583. The molecule has 0 radical (unpaired) electrons. The van der Waals surface area contributed by atoms with Gasteiger partial charge in [0.2, 0.25) is 0 Å². The lowest BCUT2D eigenvalue weighted by atomic mass is 9.97. The lowest BCUT2D eigenvalue weighted by molar-refractivity contribution is 0.376. The molecule has 0 fully saturated rings. The first-order valence-electron chi connectivity index (χ1n) is 4.31. The fourth-order valence-corrected chi connectivity index (χ4v) is 0.942. The second-order valence-electron chi connectivity index (χ2n) is 3.59. The van der Waals surface area contributed by atoms with Gasteiger partial charge in [-0.2, -0.15) is 0 Å². The summed E-state index contributed by atoms with van der Waals surface area (Å²) < 4.78 is 0. The van der Waals surface area contributed by atoms with Crippen LogP contribution in [-0.2, 0) is 0 Å². The molecule has 0 spiro atoms. The first-order chi connectivity index (χ1) is 4.62. The van der Waals surface area contributed by atoms with E-state index in [1.807, 2.05) is 7.05 Å². The highest BCUT2D eigenvalue weighted by Crippen LogP contribution is 2.12. The van der Waals surface area contributed by atoms with Crippen LogP contribution in [0, 0.1) is 0 Å². The Balaban J connectivity index is 3.28. The van der Waals surface area contributed by atoms with Gasteiger partial charge >= 0.3 is 0 Å². The second kappa shape index (κ2) is 4.73. The average Bonchev–Trinajstić information content (AvgIpc) is 1.89. The van der Waals surface area contributed by atoms with Gasteiger partial charge in [-0.3, -0.25) is 0 Å². The van der Waals surface area contributed by atoms with E-state index >= 15 is 0 Å². The van der Waals surface area contributed by atoms with Gasteiger partial charge in [-0.15, -0.1) is 0 Å². The molecule has 0 aromatic carbocycles. The van der Waals surface area contributed by atoms with Gasteiger partial charge in [0.15, 0.2) is 0 Å². The van der Waals surface area contributed by atoms with Gasteiger partial charge in [0.1, 0.15) is 0 Å². The predicted molar refractivity (Wildman–Crippen MR) is 47.3 cm³/mol. The molecule has 0 rings (SSSR count). The zero-order chi connectivity index (χ0) is 8.04. The van der Waals surface area contributed by atoms with Crippen molar-refractivity contribution in [1.82, 2.24) is 5.32 Å². The molecule has 1 nitrogen and oxygen atoms in total. The lowest BCUT2D eigenvalue weighted by Gasteiger charge is -2.23. The van der Waals surface area contributed by atoms with Crippen LogP contribution in [0.4, 0.5) is 0 Å². The fourth-order valence-electron chi connectivity index (χ4n) is 0.942. The maximum atomic E-state index is 3.30. The minimum absolute atomic E-state index is 0.342. The SMILES string of the molecule is CCCCCC(C)(C)NC. The Hall–Kier alpha value is -0.0400. The fraction of sp³-hybridized carbons (Fsp3) is 1.00. The van der Waals surface area contributed by atoms with Crippen LogP contribution in [0.15, 0.2) is 0 Å². The molecular weight excluding hydrogens is 122 g/mol. The van der Waals surface area contributed by atoms with Crippen LogP contribution in [0.1, 0.15) is 46.5 Å². The summed E-state index contributed by atoms with van der Waals surface area (Å²) in [5.41, 5.74) is 0.342. The van der Waals surface area contributed by atoms with E-state index in [0.29, 0.717) is 5.54 Å². The molecule has 0 heterocycles. The number of rotatable bonds is 5. The van der Waals surface area contributed by atoms with Crippen LogP contribution in [-0.4, -0.2) is 12.6 Å². The summed E-state index contributed by atoms with van der Waals surface area (Å²) in [7, 11) is 2.03. The molecule has 62 valence electrons. The van der Waals surface area contributed by atoms with E-state index in [9.17, 15) is 0 Å². The third-order valence-corrected chi connectivity index (χ3v) is 2.08. The Labute approximate surface area is 65.2 Å². The maximum absolute atomic E-state index is 3.30. The molecule has 0 aliphatic heterocycles. The van der Waals surface area contributed by atoms with E-state index in [4.69, 9.17) is 0 Å². The molecule has 0 aliphatic rings. The monoisotopic (exact) mass is 143 g/mol. The second-order valence-corrected chi connectivity index (χ2v) is 3.59. The summed E-state index contributed by atoms with van der Waals surface area (Å²) >= 11 is 0. The minimum Gasteiger partial charge on any atom is -0.315 e. The van der Waals surface area contributed by atoms with E-state index in [2.05, 4.69) is 26.1 Å². The van der Waals surface area contributed by atoms with Gasteiger partial charge in [-0.1, -0.05) is 26.2 Å². The Morgan fingerprint density at radius 3 is 2.20 bits per heavy atom. The number of nitrogens with one attached hydrogen (secondary N) is 1. The first-order valence-corrected chi connectivity index (χ1v) is 4.31. The van der Waals surface area contributed by atoms with Crippen molar-refractivity contribution in [3.8, 4) is 0 Å². The zero-order valence-corrected chi connectivity index (χ0v) is 7.83. The highest BCUT2D eigenvalue weighted by atomic mass is 14.9. The molecule has 10 heavy (non-hydrogen) atoms. The predicted octanol–water partition coefficient (Wildman–Crippen LogP) is 2.56. The Morgan fingerprint density at radius 2 is 1.80 bits per heavy atom. The van der Waals surface area contributed by atoms with Gasteiger partial charge < -0.3 is 5.32 Å². The maximum Gasteiger partial charge on any atom is 0.0122 e. The molecule has 0 atom stereocenters. The summed E-state index contributed by atoms with van der Waals surface area (Å²) in [5, 5.41) is 3.30. The third-order valence-electron chi connectivity index (χ3n) is 2.08. The molecule has 0 bridgehead atoms. The van der Waals surface area contributed by atoms with E-state index in [0.717, 1.165) is 0 Å². The molecule has 0 saturated carbocycles. The Kier molecular flexibility index (Phi) is 4.71. The number of hydrogen-bond acceptors (Lipinski definition) is 1. The van der Waals surface area contributed by atoms with Crippen LogP contribution < -0.4 is 5.32 Å². The van der Waals surface area contributed by atoms with Crippen molar-refractivity contribution in [2.45, 2.75) is 52.0 Å². The smallest absolute Gasteiger partial charge is 0.0122 e. The number of unbranched alkanes of at least 4 members (excludes halogenated alkanes) is 2. The molecule has 1 N–H and O–H groups in total. The molecular formula is C9H21N. The van der Waals surface area contributed by atoms with Gasteiger partial charge in [0.05, 0.1) is 0 Å². The largest absolute Gasteiger partial charge is 0.315 e. The van der Waals surface area contributed by atoms with E-state index in [-0.39, 0.29) is 0 Å². The molecule has 0 amide bonds. The molecule has 0 unspecified atom stereocenters. The van der Waals surface area contributed by atoms with Gasteiger partial charge in [-0.25, -0.2) is 0 Å². The van der Waals surface area contributed by atoms with Crippen molar-refractivity contribution < 1.29 is 0 Å². The molecule has 0 saturated heterocycles. The van der Waals surface area contributed by atoms with Crippen molar-refractivity contribution in [1.29, 1.82) is 0 Å². The Bertz CT molecular complexity index is 76.8. The molecule has 0 aliphatic carbocycles. The summed E-state index contributed by atoms with van der Waals surface area (Å²) in [6, 6.07) is 0. The van der Waals surface area contributed by atoms with Crippen LogP contribution in [0.3, 0.4) is 0 Å². The van der Waals surface area contributed by atoms with Crippen molar-refractivity contribution in [2.75, 3.05) is 7.05 Å². The van der Waals surface area contributed by atoms with E-state index in [1.54, 1.807) is 0 Å². The average molecular weight is 143 g/mol. The van der Waals surface area contributed by atoms with Crippen molar-refractivity contribution >= 4 is 0 Å². The summed E-state index contributed by atoms with van der Waals surface area (Å²) in [6.07, 6.45) is 5.33. The van der Waals surface area contributed by atoms with Gasteiger partial charge in [0.25, 0.3) is 0 Å². The highest BCUT2D eigenvalue weighted by Gasteiger charge is 2.12. The van der Waals surface area contributed by atoms with Gasteiger partial charge in [-0.05, 0) is 27.3 Å². The summed E-state index contributed by atoms with van der Waals surface area (Å²) in [5.74, 6) is 0. The van der Waals surface area contributed by atoms with Crippen LogP contribution in [0.2, 0.25) is 0 Å². The van der Waals surface area contributed by atoms with E-state index < -0.39 is 0 Å². The standard InChI is InChI=1S/C9H21N/c1-5-6-7-8-9(2,3)10-4/h10H,5-8H2,1-4H3. The number of hydrogen-bond donors (Lipinski definition) is 1. The molecule has 1 heteroatoms. The summed E-state index contributed by atoms with van der Waals surface area (Å²) in [4.78, 5) is 0. The lowest BCUT2D eigenvalue weighted by Crippen LogP contribution is -2.35. The zero-order valence-electron chi connectivity index (χ0n) is 7.83. The summed E-state index contributed by atoms with van der Waals surface area (Å²) in [6.45, 7) is 6.75. The Morgan fingerprint density at radius 1 is 1.20 bits per heavy atom. The van der Waals surface area contributed by atoms with Crippen LogP contribution in [0.5, 0.6) is 0 Å². The van der Waals surface area contributed by atoms with Crippen LogP contribution >= 0.6 is 0 Å². The minimum atomic E-state index is 0.342. The third kappa shape index (κ3) is 4.80. The van der Waals surface area contributed by atoms with Crippen molar-refractivity contribution in [3.63, 3.8) is 0 Å². The van der Waals surface area contributed by atoms with Crippen molar-refractivity contribution in [3.05, 3.63) is 0 Å². The highest BCUT2D eigenvalue weighted by molar-refractivity contribution is 4.74. The van der Waals surface area contributed by atoms with Gasteiger partial charge in [0, 0.05) is 5.54 Å². The van der Waals surface area contributed by atoms with Crippen LogP contribution in [0.25, 0.3) is 0 Å².